The van der Waals surface area contributed by atoms with Gasteiger partial charge in [-0.25, -0.2) is 9.37 Å². The molecular weight excluding hydrogens is 391 g/mol. The lowest BCUT2D eigenvalue weighted by Gasteiger charge is -1.99. The number of benzene rings is 2. The van der Waals surface area contributed by atoms with Crippen LogP contribution in [0.4, 0.5) is 9.52 Å². The maximum Gasteiger partial charge on any atom is 0.227 e. The van der Waals surface area contributed by atoms with Gasteiger partial charge in [0.15, 0.2) is 5.13 Å². The van der Waals surface area contributed by atoms with Crippen LogP contribution in [0.15, 0.2) is 58.4 Å². The Hall–Kier alpha value is -3.39. The van der Waals surface area contributed by atoms with Crippen molar-refractivity contribution in [2.24, 2.45) is 0 Å². The number of carbonyl (C=O) groups is 1. The lowest BCUT2D eigenvalue weighted by atomic mass is 10.1. The lowest BCUT2D eigenvalue weighted by molar-refractivity contribution is -0.116. The summed E-state index contributed by atoms with van der Waals surface area (Å²) in [5, 5.41) is 9.14. The number of nitrogens with zero attached hydrogens (tertiary/aromatic N) is 3. The van der Waals surface area contributed by atoms with Crippen LogP contribution >= 0.6 is 11.3 Å². The molecule has 0 unspecified atom stereocenters. The predicted octanol–water partition coefficient (Wildman–Crippen LogP) is 4.88. The molecule has 6 nitrogen and oxygen atoms in total. The van der Waals surface area contributed by atoms with Gasteiger partial charge in [0.2, 0.25) is 17.6 Å². The van der Waals surface area contributed by atoms with Crippen molar-refractivity contribution in [2.45, 2.75) is 19.8 Å². The van der Waals surface area contributed by atoms with Gasteiger partial charge in [0, 0.05) is 29.3 Å². The quantitative estimate of drug-likeness (QED) is 0.492. The largest absolute Gasteiger partial charge is 0.339 e. The molecule has 2 aromatic heterocycles. The average Bonchev–Trinajstić information content (AvgIpc) is 3.39. The van der Waals surface area contributed by atoms with Crippen molar-refractivity contribution < 1.29 is 13.7 Å². The highest BCUT2D eigenvalue weighted by molar-refractivity contribution is 7.14. The predicted molar refractivity (Wildman–Crippen MR) is 109 cm³/mol. The molecule has 1 N–H and O–H groups in total. The summed E-state index contributed by atoms with van der Waals surface area (Å²) in [4.78, 5) is 20.9. The Bertz CT molecular complexity index is 1140. The first-order valence-corrected chi connectivity index (χ1v) is 9.86. The number of rotatable bonds is 6. The van der Waals surface area contributed by atoms with Gasteiger partial charge < -0.3 is 9.84 Å². The van der Waals surface area contributed by atoms with Crippen LogP contribution in [0, 0.1) is 12.7 Å². The maximum atomic E-state index is 13.4. The van der Waals surface area contributed by atoms with Gasteiger partial charge in [0.05, 0.1) is 5.69 Å². The number of anilines is 1. The first-order chi connectivity index (χ1) is 14.1. The van der Waals surface area contributed by atoms with Crippen LogP contribution in [-0.4, -0.2) is 21.0 Å². The fourth-order valence-electron chi connectivity index (χ4n) is 2.73. The van der Waals surface area contributed by atoms with Crippen LogP contribution in [0.2, 0.25) is 0 Å². The van der Waals surface area contributed by atoms with E-state index in [0.717, 1.165) is 11.3 Å². The second-order valence-corrected chi connectivity index (χ2v) is 7.29. The number of aromatic nitrogens is 3. The van der Waals surface area contributed by atoms with Gasteiger partial charge in [0.1, 0.15) is 5.82 Å². The number of thiazole rings is 1. The van der Waals surface area contributed by atoms with Gasteiger partial charge in [-0.15, -0.1) is 11.3 Å². The average molecular weight is 408 g/mol. The molecule has 2 aromatic carbocycles. The zero-order valence-corrected chi connectivity index (χ0v) is 16.4. The summed E-state index contributed by atoms with van der Waals surface area (Å²) in [5.74, 6) is 0.250. The molecule has 1 amide bonds. The van der Waals surface area contributed by atoms with Crippen LogP contribution in [-0.2, 0) is 11.2 Å². The van der Waals surface area contributed by atoms with Crippen molar-refractivity contribution in [3.8, 4) is 22.6 Å². The van der Waals surface area contributed by atoms with Gasteiger partial charge in [-0.1, -0.05) is 35.5 Å². The minimum atomic E-state index is -0.285. The second kappa shape index (κ2) is 8.32. The summed E-state index contributed by atoms with van der Waals surface area (Å²) in [6.07, 6.45) is 0.486. The van der Waals surface area contributed by atoms with E-state index in [2.05, 4.69) is 20.4 Å². The number of hydrogen-bond donors (Lipinski definition) is 1. The Morgan fingerprint density at radius 1 is 1.14 bits per heavy atom. The van der Waals surface area contributed by atoms with Crippen LogP contribution in [0.25, 0.3) is 22.6 Å². The number of carbonyl (C=O) groups excluding carboxylic acids is 1. The summed E-state index contributed by atoms with van der Waals surface area (Å²) in [5.41, 5.74) is 2.99. The van der Waals surface area contributed by atoms with Crippen LogP contribution < -0.4 is 5.32 Å². The van der Waals surface area contributed by atoms with E-state index >= 15 is 0 Å². The molecule has 146 valence electrons. The number of aryl methyl sites for hydroxylation is 2. The lowest BCUT2D eigenvalue weighted by Crippen LogP contribution is -2.12. The standard InChI is InChI=1S/C21H17FN4O2S/c1-13-11-15(7-8-16(13)22)20-25-19(28-26-20)10-9-18(27)24-21-23-17(12-29-21)14-5-3-2-4-6-14/h2-8,11-12H,9-10H2,1H3,(H,23,24,27). The number of nitrogens with one attached hydrogen (secondary N) is 1. The highest BCUT2D eigenvalue weighted by Crippen LogP contribution is 2.25. The minimum Gasteiger partial charge on any atom is -0.339 e. The van der Waals surface area contributed by atoms with Crippen LogP contribution in [0.3, 0.4) is 0 Å². The zero-order valence-electron chi connectivity index (χ0n) is 15.6. The second-order valence-electron chi connectivity index (χ2n) is 6.43. The molecule has 0 saturated heterocycles. The third-order valence-corrected chi connectivity index (χ3v) is 5.03. The van der Waals surface area contributed by atoms with Crippen molar-refractivity contribution in [3.05, 3.63) is 71.2 Å². The van der Waals surface area contributed by atoms with Gasteiger partial charge >= 0.3 is 0 Å². The molecule has 0 bridgehead atoms. The SMILES string of the molecule is Cc1cc(-c2noc(CCC(=O)Nc3nc(-c4ccccc4)cs3)n2)ccc1F. The number of halogens is 1. The normalized spacial score (nSPS) is 10.8. The first-order valence-electron chi connectivity index (χ1n) is 8.98. The smallest absolute Gasteiger partial charge is 0.227 e. The molecule has 0 fully saturated rings. The molecular formula is C21H17FN4O2S. The molecule has 2 heterocycles. The van der Waals surface area contributed by atoms with E-state index in [1.54, 1.807) is 19.1 Å². The van der Waals surface area contributed by atoms with Crippen molar-refractivity contribution in [1.29, 1.82) is 0 Å². The Balaban J connectivity index is 1.34. The highest BCUT2D eigenvalue weighted by Gasteiger charge is 2.13. The van der Waals surface area contributed by atoms with E-state index in [-0.39, 0.29) is 18.1 Å². The zero-order chi connectivity index (χ0) is 20.2. The fraction of sp³-hybridized carbons (Fsp3) is 0.143. The topological polar surface area (TPSA) is 80.9 Å². The molecule has 0 aliphatic rings. The third-order valence-electron chi connectivity index (χ3n) is 4.27. The minimum absolute atomic E-state index is 0.184. The van der Waals surface area contributed by atoms with Gasteiger partial charge in [-0.05, 0) is 30.7 Å². The Morgan fingerprint density at radius 3 is 2.76 bits per heavy atom. The van der Waals surface area contributed by atoms with Gasteiger partial charge in [-0.3, -0.25) is 4.79 Å². The van der Waals surface area contributed by atoms with Crippen molar-refractivity contribution in [3.63, 3.8) is 0 Å². The Morgan fingerprint density at radius 2 is 1.97 bits per heavy atom. The van der Waals surface area contributed by atoms with Crippen molar-refractivity contribution in [2.75, 3.05) is 5.32 Å². The van der Waals surface area contributed by atoms with E-state index < -0.39 is 0 Å². The van der Waals surface area contributed by atoms with Crippen LogP contribution in [0.1, 0.15) is 17.9 Å². The van der Waals surface area contributed by atoms with Gasteiger partial charge in [-0.2, -0.15) is 4.98 Å². The summed E-state index contributed by atoms with van der Waals surface area (Å²) in [7, 11) is 0. The molecule has 0 atom stereocenters. The summed E-state index contributed by atoms with van der Waals surface area (Å²) in [6.45, 7) is 1.67. The van der Waals surface area contributed by atoms with E-state index in [1.165, 1.54) is 17.4 Å². The molecule has 0 radical (unpaired) electrons. The highest BCUT2D eigenvalue weighted by atomic mass is 32.1. The van der Waals surface area contributed by atoms with E-state index in [0.29, 0.717) is 34.4 Å². The number of hydrogen-bond acceptors (Lipinski definition) is 6. The van der Waals surface area contributed by atoms with Crippen molar-refractivity contribution in [1.82, 2.24) is 15.1 Å². The summed E-state index contributed by atoms with van der Waals surface area (Å²) < 4.78 is 18.6. The Kier molecular flexibility index (Phi) is 5.44. The molecule has 4 rings (SSSR count). The van der Waals surface area contributed by atoms with E-state index in [4.69, 9.17) is 4.52 Å². The molecule has 4 aromatic rings. The van der Waals surface area contributed by atoms with Crippen molar-refractivity contribution >= 4 is 22.4 Å². The Labute approximate surface area is 170 Å². The third kappa shape index (κ3) is 4.55. The number of amides is 1. The molecule has 0 aliphatic heterocycles. The monoisotopic (exact) mass is 408 g/mol. The first kappa shape index (κ1) is 18.9. The molecule has 0 spiro atoms. The summed E-state index contributed by atoms with van der Waals surface area (Å²) >= 11 is 1.37. The van der Waals surface area contributed by atoms with Crippen LogP contribution in [0.5, 0.6) is 0 Å². The molecule has 0 aliphatic carbocycles. The molecule has 0 saturated carbocycles. The van der Waals surface area contributed by atoms with E-state index in [1.807, 2.05) is 35.7 Å². The fourth-order valence-corrected chi connectivity index (χ4v) is 3.47. The molecule has 29 heavy (non-hydrogen) atoms. The molecule has 8 heteroatoms. The van der Waals surface area contributed by atoms with Gasteiger partial charge in [0.25, 0.3) is 0 Å². The maximum absolute atomic E-state index is 13.4. The van der Waals surface area contributed by atoms with E-state index in [9.17, 15) is 9.18 Å². The summed E-state index contributed by atoms with van der Waals surface area (Å²) in [6, 6.07) is 14.4.